The molecule has 0 unspecified atom stereocenters. The molecular weight excluding hydrogens is 454 g/mol. The third kappa shape index (κ3) is 4.99. The minimum absolute atomic E-state index is 0.0862. The van der Waals surface area contributed by atoms with Crippen molar-refractivity contribution in [3.8, 4) is 28.6 Å². The van der Waals surface area contributed by atoms with E-state index in [0.717, 1.165) is 33.8 Å². The number of carboxylic acid groups (broad SMARTS) is 1. The average molecular weight is 478 g/mol. The highest BCUT2D eigenvalue weighted by Gasteiger charge is 2.16. The maximum Gasteiger partial charge on any atom is 0.342 e. The van der Waals surface area contributed by atoms with Gasteiger partial charge in [-0.2, -0.15) is 0 Å². The number of nitrogens with one attached hydrogen (secondary N) is 1. The van der Waals surface area contributed by atoms with Crippen molar-refractivity contribution in [3.63, 3.8) is 0 Å². The van der Waals surface area contributed by atoms with E-state index in [0.29, 0.717) is 29.5 Å². The first-order valence-corrected chi connectivity index (χ1v) is 11.3. The number of rotatable bonds is 9. The van der Waals surface area contributed by atoms with Gasteiger partial charge in [0.25, 0.3) is 0 Å². The molecule has 8 nitrogen and oxygen atoms in total. The molecular formula is C25H23N3O5S. The number of aliphatic carboxylic acids is 1. The van der Waals surface area contributed by atoms with E-state index < -0.39 is 5.97 Å². The summed E-state index contributed by atoms with van der Waals surface area (Å²) >= 11 is 0.964. The number of benzene rings is 3. The minimum atomic E-state index is -1.07. The number of hydrogen-bond acceptors (Lipinski definition) is 7. The molecule has 1 heterocycles. The van der Waals surface area contributed by atoms with Gasteiger partial charge in [0, 0.05) is 17.0 Å². The molecule has 34 heavy (non-hydrogen) atoms. The van der Waals surface area contributed by atoms with Gasteiger partial charge in [0.2, 0.25) is 5.16 Å². The topological polar surface area (TPSA) is 107 Å². The number of methoxy groups -OCH3 is 2. The molecule has 2 N–H and O–H groups in total. The SMILES string of the molecule is CCOc1ccc(/C=C(\Sc2n[nH]c(-c3cc(OC)cc(OC)c3)n2)C(=O)O)c2ccccc12. The number of aromatic nitrogens is 3. The Bertz CT molecular complexity index is 1340. The average Bonchev–Trinajstić information content (AvgIpc) is 3.33. The van der Waals surface area contributed by atoms with Gasteiger partial charge in [-0.25, -0.2) is 9.78 Å². The molecule has 0 radical (unpaired) electrons. The van der Waals surface area contributed by atoms with Crippen LogP contribution in [0.4, 0.5) is 0 Å². The predicted molar refractivity (Wildman–Crippen MR) is 132 cm³/mol. The molecule has 0 aliphatic heterocycles. The quantitative estimate of drug-likeness (QED) is 0.248. The zero-order valence-corrected chi connectivity index (χ0v) is 19.7. The van der Waals surface area contributed by atoms with Crippen LogP contribution in [-0.2, 0) is 4.79 Å². The zero-order valence-electron chi connectivity index (χ0n) is 18.9. The molecule has 0 saturated carbocycles. The van der Waals surface area contributed by atoms with Crippen molar-refractivity contribution in [3.05, 3.63) is 65.1 Å². The minimum Gasteiger partial charge on any atom is -0.497 e. The molecule has 4 aromatic rings. The van der Waals surface area contributed by atoms with Gasteiger partial charge in [-0.05, 0) is 53.9 Å². The Balaban J connectivity index is 1.67. The van der Waals surface area contributed by atoms with E-state index in [1.807, 2.05) is 43.3 Å². The molecule has 4 rings (SSSR count). The highest BCUT2D eigenvalue weighted by molar-refractivity contribution is 8.04. The van der Waals surface area contributed by atoms with Crippen LogP contribution in [0.5, 0.6) is 17.2 Å². The van der Waals surface area contributed by atoms with Crippen LogP contribution in [0.1, 0.15) is 12.5 Å². The first-order valence-electron chi connectivity index (χ1n) is 10.5. The van der Waals surface area contributed by atoms with Crippen molar-refractivity contribution in [1.82, 2.24) is 15.2 Å². The Morgan fingerprint density at radius 3 is 2.41 bits per heavy atom. The lowest BCUT2D eigenvalue weighted by atomic mass is 10.0. The fourth-order valence-electron chi connectivity index (χ4n) is 3.44. The normalized spacial score (nSPS) is 11.4. The second-order valence-corrected chi connectivity index (χ2v) is 8.12. The number of fused-ring (bicyclic) bond motifs is 1. The summed E-state index contributed by atoms with van der Waals surface area (Å²) < 4.78 is 16.3. The lowest BCUT2D eigenvalue weighted by Gasteiger charge is -2.10. The zero-order chi connectivity index (χ0) is 24.1. The predicted octanol–water partition coefficient (Wildman–Crippen LogP) is 5.26. The van der Waals surface area contributed by atoms with Gasteiger partial charge < -0.3 is 19.3 Å². The number of aromatic amines is 1. The third-order valence-electron chi connectivity index (χ3n) is 5.01. The van der Waals surface area contributed by atoms with Gasteiger partial charge in [0.1, 0.15) is 22.2 Å². The molecule has 174 valence electrons. The highest BCUT2D eigenvalue weighted by Crippen LogP contribution is 2.34. The summed E-state index contributed by atoms with van der Waals surface area (Å²) in [5.41, 5.74) is 1.46. The molecule has 9 heteroatoms. The summed E-state index contributed by atoms with van der Waals surface area (Å²) in [5.74, 6) is 1.36. The standard InChI is InChI=1S/C25H23N3O5S/c1-4-33-21-10-9-15(19-7-5-6-8-20(19)21)13-22(24(29)30)34-25-26-23(27-28-25)16-11-17(31-2)14-18(12-16)32-3/h5-14H,4H2,1-3H3,(H,29,30)(H,26,27,28)/b22-13-. The van der Waals surface area contributed by atoms with Crippen LogP contribution in [0, 0.1) is 0 Å². The van der Waals surface area contributed by atoms with Crippen LogP contribution in [-0.4, -0.2) is 47.1 Å². The second-order valence-electron chi connectivity index (χ2n) is 7.12. The molecule has 0 atom stereocenters. The summed E-state index contributed by atoms with van der Waals surface area (Å²) in [7, 11) is 3.13. The molecule has 1 aromatic heterocycles. The van der Waals surface area contributed by atoms with Crippen LogP contribution in [0.2, 0.25) is 0 Å². The van der Waals surface area contributed by atoms with E-state index >= 15 is 0 Å². The summed E-state index contributed by atoms with van der Waals surface area (Å²) in [6.45, 7) is 2.47. The molecule has 0 spiro atoms. The first-order chi connectivity index (χ1) is 16.5. The fourth-order valence-corrected chi connectivity index (χ4v) is 4.14. The Morgan fingerprint density at radius 2 is 1.76 bits per heavy atom. The summed E-state index contributed by atoms with van der Waals surface area (Å²) in [4.78, 5) is 16.6. The van der Waals surface area contributed by atoms with Crippen molar-refractivity contribution >= 4 is 34.6 Å². The lowest BCUT2D eigenvalue weighted by molar-refractivity contribution is -0.131. The maximum atomic E-state index is 12.0. The van der Waals surface area contributed by atoms with E-state index in [1.54, 1.807) is 38.5 Å². The Morgan fingerprint density at radius 1 is 1.06 bits per heavy atom. The van der Waals surface area contributed by atoms with Crippen LogP contribution in [0.25, 0.3) is 28.2 Å². The molecule has 0 saturated heterocycles. The van der Waals surface area contributed by atoms with Crippen molar-refractivity contribution in [2.75, 3.05) is 20.8 Å². The van der Waals surface area contributed by atoms with Gasteiger partial charge in [0.15, 0.2) is 5.82 Å². The van der Waals surface area contributed by atoms with E-state index in [9.17, 15) is 9.90 Å². The van der Waals surface area contributed by atoms with E-state index in [4.69, 9.17) is 14.2 Å². The number of H-pyrrole nitrogens is 1. The van der Waals surface area contributed by atoms with Crippen LogP contribution in [0.15, 0.2) is 64.7 Å². The molecule has 0 aliphatic rings. The van der Waals surface area contributed by atoms with Gasteiger partial charge in [0.05, 0.1) is 20.8 Å². The Kier molecular flexibility index (Phi) is 7.03. The maximum absolute atomic E-state index is 12.0. The largest absolute Gasteiger partial charge is 0.497 e. The van der Waals surface area contributed by atoms with Gasteiger partial charge in [-0.15, -0.1) is 5.10 Å². The fraction of sp³-hybridized carbons (Fsp3) is 0.160. The molecule has 3 aromatic carbocycles. The number of thioether (sulfide) groups is 1. The number of ether oxygens (including phenoxy) is 3. The third-order valence-corrected chi connectivity index (χ3v) is 5.88. The Hall–Kier alpha value is -3.98. The summed E-state index contributed by atoms with van der Waals surface area (Å²) in [6, 6.07) is 16.8. The van der Waals surface area contributed by atoms with Crippen molar-refractivity contribution in [2.24, 2.45) is 0 Å². The van der Waals surface area contributed by atoms with Crippen LogP contribution < -0.4 is 14.2 Å². The smallest absolute Gasteiger partial charge is 0.342 e. The Labute approximate surface area is 200 Å². The number of carbonyl (C=O) groups is 1. The van der Waals surface area contributed by atoms with Gasteiger partial charge in [-0.3, -0.25) is 5.10 Å². The van der Waals surface area contributed by atoms with E-state index in [1.165, 1.54) is 0 Å². The molecule has 0 fully saturated rings. The molecule has 0 amide bonds. The summed E-state index contributed by atoms with van der Waals surface area (Å²) in [5, 5.41) is 19.0. The van der Waals surface area contributed by atoms with Crippen molar-refractivity contribution < 1.29 is 24.1 Å². The van der Waals surface area contributed by atoms with Crippen molar-refractivity contribution in [2.45, 2.75) is 12.1 Å². The van der Waals surface area contributed by atoms with E-state index in [2.05, 4.69) is 15.2 Å². The monoisotopic (exact) mass is 477 g/mol. The molecule has 0 aliphatic carbocycles. The summed E-state index contributed by atoms with van der Waals surface area (Å²) in [6.07, 6.45) is 1.62. The number of carboxylic acids is 1. The highest BCUT2D eigenvalue weighted by atomic mass is 32.2. The lowest BCUT2D eigenvalue weighted by Crippen LogP contribution is -1.98. The number of nitrogens with zero attached hydrogens (tertiary/aromatic N) is 2. The molecule has 0 bridgehead atoms. The van der Waals surface area contributed by atoms with Crippen LogP contribution in [0.3, 0.4) is 0 Å². The van der Waals surface area contributed by atoms with Gasteiger partial charge in [-0.1, -0.05) is 30.3 Å². The van der Waals surface area contributed by atoms with Gasteiger partial charge >= 0.3 is 5.97 Å². The van der Waals surface area contributed by atoms with Crippen LogP contribution >= 0.6 is 11.8 Å². The second kappa shape index (κ2) is 10.3. The first kappa shape index (κ1) is 23.2. The van der Waals surface area contributed by atoms with E-state index in [-0.39, 0.29) is 10.1 Å². The number of hydrogen-bond donors (Lipinski definition) is 2. The van der Waals surface area contributed by atoms with Crippen molar-refractivity contribution in [1.29, 1.82) is 0 Å².